The van der Waals surface area contributed by atoms with Crippen LogP contribution in [-0.4, -0.2) is 31.8 Å². The van der Waals surface area contributed by atoms with Crippen LogP contribution < -0.4 is 10.9 Å². The van der Waals surface area contributed by atoms with Crippen LogP contribution in [0.2, 0.25) is 0 Å². The zero-order chi connectivity index (χ0) is 22.6. The largest absolute Gasteiger partial charge is 0.354 e. The van der Waals surface area contributed by atoms with Gasteiger partial charge in [0.25, 0.3) is 5.56 Å². The van der Waals surface area contributed by atoms with E-state index in [1.807, 2.05) is 24.3 Å². The van der Waals surface area contributed by atoms with Gasteiger partial charge in [0.15, 0.2) is 5.65 Å². The van der Waals surface area contributed by atoms with Gasteiger partial charge in [-0.25, -0.2) is 9.67 Å². The normalized spacial score (nSPS) is 14.3. The fourth-order valence-corrected chi connectivity index (χ4v) is 4.91. The predicted molar refractivity (Wildman–Crippen MR) is 129 cm³/mol. The minimum atomic E-state index is -0.111. The molecular weight excluding hydrogens is 414 g/mol. The van der Waals surface area contributed by atoms with E-state index in [1.54, 1.807) is 21.8 Å². The summed E-state index contributed by atoms with van der Waals surface area (Å²) in [5.74, 6) is 0.801. The smallest absolute Gasteiger partial charge is 0.264 e. The maximum atomic E-state index is 13.1. The highest BCUT2D eigenvalue weighted by molar-refractivity contribution is 5.85. The van der Waals surface area contributed by atoms with Crippen molar-refractivity contribution in [1.29, 1.82) is 0 Å². The predicted octanol–water partition coefficient (Wildman–Crippen LogP) is 3.88. The van der Waals surface area contributed by atoms with Gasteiger partial charge in [-0.1, -0.05) is 68.1 Å². The van der Waals surface area contributed by atoms with E-state index < -0.39 is 0 Å². The Morgan fingerprint density at radius 2 is 1.88 bits per heavy atom. The quantitative estimate of drug-likeness (QED) is 0.448. The molecule has 0 radical (unpaired) electrons. The monoisotopic (exact) mass is 443 g/mol. The van der Waals surface area contributed by atoms with Crippen molar-refractivity contribution in [2.24, 2.45) is 5.92 Å². The zero-order valence-corrected chi connectivity index (χ0v) is 18.7. The van der Waals surface area contributed by atoms with Crippen molar-refractivity contribution in [3.8, 4) is 0 Å². The lowest BCUT2D eigenvalue weighted by molar-refractivity contribution is -0.121. The van der Waals surface area contributed by atoms with E-state index in [9.17, 15) is 9.59 Å². The summed E-state index contributed by atoms with van der Waals surface area (Å²) < 4.78 is 3.32. The lowest BCUT2D eigenvalue weighted by Gasteiger charge is -2.10. The molecule has 1 N–H and O–H groups in total. The second kappa shape index (κ2) is 9.57. The van der Waals surface area contributed by atoms with Crippen LogP contribution in [0, 0.1) is 5.92 Å². The van der Waals surface area contributed by atoms with E-state index in [-0.39, 0.29) is 11.5 Å². The first-order chi connectivity index (χ1) is 16.2. The molecule has 170 valence electrons. The third kappa shape index (κ3) is 4.67. The molecule has 7 heteroatoms. The fraction of sp³-hybridized carbons (Fsp3) is 0.385. The Morgan fingerprint density at radius 3 is 2.76 bits per heavy atom. The van der Waals surface area contributed by atoms with Crippen molar-refractivity contribution < 1.29 is 4.79 Å². The molecule has 0 saturated heterocycles. The second-order valence-electron chi connectivity index (χ2n) is 8.96. The van der Waals surface area contributed by atoms with E-state index in [4.69, 9.17) is 0 Å². The summed E-state index contributed by atoms with van der Waals surface area (Å²) in [5, 5.41) is 10.1. The molecule has 2 heterocycles. The molecular formula is C26H29N5O2. The molecule has 1 fully saturated rings. The maximum absolute atomic E-state index is 13.1. The highest BCUT2D eigenvalue weighted by Crippen LogP contribution is 2.28. The van der Waals surface area contributed by atoms with Gasteiger partial charge in [0, 0.05) is 13.0 Å². The van der Waals surface area contributed by atoms with Crippen molar-refractivity contribution >= 4 is 27.7 Å². The Kier molecular flexibility index (Phi) is 6.19. The minimum absolute atomic E-state index is 0.0868. The molecule has 2 aromatic heterocycles. The van der Waals surface area contributed by atoms with Crippen molar-refractivity contribution in [2.75, 3.05) is 6.54 Å². The first-order valence-corrected chi connectivity index (χ1v) is 11.8. The van der Waals surface area contributed by atoms with Crippen molar-refractivity contribution in [2.45, 2.75) is 51.6 Å². The summed E-state index contributed by atoms with van der Waals surface area (Å²) >= 11 is 0. The number of hydrogen-bond acceptors (Lipinski definition) is 4. The van der Waals surface area contributed by atoms with Crippen LogP contribution in [0.1, 0.15) is 44.1 Å². The van der Waals surface area contributed by atoms with E-state index >= 15 is 0 Å². The maximum Gasteiger partial charge on any atom is 0.264 e. The Bertz CT molecular complexity index is 1330. The van der Waals surface area contributed by atoms with Crippen LogP contribution >= 0.6 is 0 Å². The fourth-order valence-electron chi connectivity index (χ4n) is 4.91. The Labute approximate surface area is 192 Å². The lowest BCUT2D eigenvalue weighted by Crippen LogP contribution is -2.28. The number of amides is 1. The first kappa shape index (κ1) is 21.4. The molecule has 0 unspecified atom stereocenters. The van der Waals surface area contributed by atoms with Crippen molar-refractivity contribution in [1.82, 2.24) is 24.6 Å². The number of nitrogens with one attached hydrogen (secondary N) is 1. The molecule has 2 aromatic carbocycles. The zero-order valence-electron chi connectivity index (χ0n) is 18.7. The van der Waals surface area contributed by atoms with Gasteiger partial charge in [-0.15, -0.1) is 0 Å². The first-order valence-electron chi connectivity index (χ1n) is 11.8. The van der Waals surface area contributed by atoms with Gasteiger partial charge in [0.1, 0.15) is 11.7 Å². The van der Waals surface area contributed by atoms with Crippen molar-refractivity contribution in [3.63, 3.8) is 0 Å². The summed E-state index contributed by atoms with van der Waals surface area (Å²) in [6.07, 6.45) is 9.85. The number of aromatic nitrogens is 4. The van der Waals surface area contributed by atoms with Crippen molar-refractivity contribution in [3.05, 3.63) is 70.9 Å². The molecule has 1 aliphatic rings. The summed E-state index contributed by atoms with van der Waals surface area (Å²) in [6, 6.07) is 14.3. The van der Waals surface area contributed by atoms with Crippen LogP contribution in [0.25, 0.3) is 21.8 Å². The molecule has 0 spiro atoms. The third-order valence-electron chi connectivity index (χ3n) is 6.74. The third-order valence-corrected chi connectivity index (χ3v) is 6.74. The summed E-state index contributed by atoms with van der Waals surface area (Å²) in [7, 11) is 0. The number of rotatable bonds is 8. The van der Waals surface area contributed by atoms with E-state index in [0.717, 1.165) is 22.8 Å². The molecule has 0 bridgehead atoms. The molecule has 0 aliphatic heterocycles. The number of benzene rings is 2. The SMILES string of the molecule is O=C(CCC1CCCC1)NCCn1ncc2c(=O)n(Cc3cccc4ccccc34)cnc21. The highest BCUT2D eigenvalue weighted by atomic mass is 16.1. The Hall–Kier alpha value is -3.48. The number of hydrogen-bond donors (Lipinski definition) is 1. The molecule has 7 nitrogen and oxygen atoms in total. The molecule has 0 atom stereocenters. The standard InChI is InChI=1S/C26H29N5O2/c32-24(13-12-19-6-1-2-7-19)27-14-15-31-25-23(16-29-31)26(33)30(18-28-25)17-21-10-5-9-20-8-3-4-11-22(20)21/h3-5,8-11,16,18-19H,1-2,6-7,12-15,17H2,(H,27,32). The van der Waals surface area contributed by atoms with Gasteiger partial charge in [-0.2, -0.15) is 5.10 Å². The average Bonchev–Trinajstić information content (AvgIpc) is 3.50. The highest BCUT2D eigenvalue weighted by Gasteiger charge is 2.16. The van der Waals surface area contributed by atoms with E-state index in [1.165, 1.54) is 25.7 Å². The van der Waals surface area contributed by atoms with Crippen LogP contribution in [0.4, 0.5) is 0 Å². The van der Waals surface area contributed by atoms with Gasteiger partial charge in [0.2, 0.25) is 5.91 Å². The van der Waals surface area contributed by atoms with E-state index in [0.29, 0.717) is 43.0 Å². The lowest BCUT2D eigenvalue weighted by atomic mass is 10.0. The Morgan fingerprint density at radius 1 is 1.06 bits per heavy atom. The summed E-state index contributed by atoms with van der Waals surface area (Å²) in [4.78, 5) is 29.7. The van der Waals surface area contributed by atoms with Gasteiger partial charge in [0.05, 0.1) is 19.3 Å². The summed E-state index contributed by atoms with van der Waals surface area (Å²) in [5.41, 5.74) is 1.51. The molecule has 1 aliphatic carbocycles. The van der Waals surface area contributed by atoms with Crippen LogP contribution in [0.3, 0.4) is 0 Å². The van der Waals surface area contributed by atoms with Gasteiger partial charge >= 0.3 is 0 Å². The molecule has 1 saturated carbocycles. The van der Waals surface area contributed by atoms with Gasteiger partial charge in [-0.05, 0) is 28.7 Å². The second-order valence-corrected chi connectivity index (χ2v) is 8.96. The number of nitrogens with zero attached hydrogens (tertiary/aromatic N) is 4. The van der Waals surface area contributed by atoms with Crippen LogP contribution in [0.5, 0.6) is 0 Å². The Balaban J connectivity index is 1.24. The molecule has 1 amide bonds. The van der Waals surface area contributed by atoms with Gasteiger partial charge < -0.3 is 5.32 Å². The number of carbonyl (C=O) groups excluding carboxylic acids is 1. The molecule has 5 rings (SSSR count). The molecule has 33 heavy (non-hydrogen) atoms. The number of fused-ring (bicyclic) bond motifs is 2. The summed E-state index contributed by atoms with van der Waals surface area (Å²) in [6.45, 7) is 1.41. The van der Waals surface area contributed by atoms with Crippen LogP contribution in [0.15, 0.2) is 59.8 Å². The topological polar surface area (TPSA) is 81.8 Å². The average molecular weight is 444 g/mol. The number of carbonyl (C=O) groups is 1. The molecule has 4 aromatic rings. The van der Waals surface area contributed by atoms with Crippen LogP contribution in [-0.2, 0) is 17.9 Å². The van der Waals surface area contributed by atoms with E-state index in [2.05, 4.69) is 33.6 Å². The van der Waals surface area contributed by atoms with Gasteiger partial charge in [-0.3, -0.25) is 14.2 Å². The minimum Gasteiger partial charge on any atom is -0.354 e.